The minimum Gasteiger partial charge on any atom is -0.444 e. The highest BCUT2D eigenvalue weighted by Crippen LogP contribution is 2.40. The van der Waals surface area contributed by atoms with Gasteiger partial charge in [-0.25, -0.2) is 4.79 Å². The Labute approximate surface area is 171 Å². The molecule has 6 heteroatoms. The zero-order chi connectivity index (χ0) is 21.2. The predicted octanol–water partition coefficient (Wildman–Crippen LogP) is 6.55. The molecule has 1 aliphatic carbocycles. The van der Waals surface area contributed by atoms with Crippen molar-refractivity contribution in [1.82, 2.24) is 4.90 Å². The normalized spacial score (nSPS) is 19.6. The third-order valence-corrected chi connectivity index (χ3v) is 6.04. The van der Waals surface area contributed by atoms with Gasteiger partial charge in [-0.05, 0) is 88.0 Å². The molecule has 0 N–H and O–H groups in total. The van der Waals surface area contributed by atoms with Gasteiger partial charge in [-0.2, -0.15) is 13.2 Å². The van der Waals surface area contributed by atoms with E-state index in [1.165, 1.54) is 12.1 Å². The van der Waals surface area contributed by atoms with Crippen LogP contribution in [0.25, 0.3) is 0 Å². The van der Waals surface area contributed by atoms with Gasteiger partial charge in [0.2, 0.25) is 0 Å². The molecule has 0 unspecified atom stereocenters. The smallest absolute Gasteiger partial charge is 0.416 e. The first-order chi connectivity index (χ1) is 13.5. The van der Waals surface area contributed by atoms with E-state index >= 15 is 0 Å². The Morgan fingerprint density at radius 3 is 2.24 bits per heavy atom. The van der Waals surface area contributed by atoms with Crippen molar-refractivity contribution in [3.8, 4) is 0 Å². The molecule has 0 aromatic heterocycles. The first kappa shape index (κ1) is 22.0. The van der Waals surface area contributed by atoms with Gasteiger partial charge in [0.15, 0.2) is 0 Å². The number of hydrogen-bond donors (Lipinski definition) is 0. The average molecular weight is 412 g/mol. The summed E-state index contributed by atoms with van der Waals surface area (Å²) in [6.07, 6.45) is 2.04. The molecule has 1 amide bonds. The molecule has 162 valence electrons. The lowest BCUT2D eigenvalue weighted by Gasteiger charge is -2.34. The van der Waals surface area contributed by atoms with Gasteiger partial charge in [-0.1, -0.05) is 18.9 Å². The van der Waals surface area contributed by atoms with Gasteiger partial charge >= 0.3 is 12.3 Å². The van der Waals surface area contributed by atoms with Crippen LogP contribution in [0.5, 0.6) is 0 Å². The van der Waals surface area contributed by atoms with E-state index in [1.807, 2.05) is 20.8 Å². The SMILES string of the molecule is CC(C)(C)OC(=O)N1CCC(Cc2ccc(C(F)(F)F)cc2C2CCCC2)CC1. The van der Waals surface area contributed by atoms with E-state index < -0.39 is 17.3 Å². The largest absolute Gasteiger partial charge is 0.444 e. The second-order valence-corrected chi connectivity index (χ2v) is 9.51. The number of hydrogen-bond acceptors (Lipinski definition) is 2. The van der Waals surface area contributed by atoms with Crippen LogP contribution in [0.4, 0.5) is 18.0 Å². The molecule has 0 spiro atoms. The molecule has 0 atom stereocenters. The fourth-order valence-corrected chi connectivity index (χ4v) is 4.53. The van der Waals surface area contributed by atoms with Gasteiger partial charge in [0.25, 0.3) is 0 Å². The molecule has 1 aliphatic heterocycles. The maximum Gasteiger partial charge on any atom is 0.416 e. The number of amides is 1. The molecule has 1 aromatic carbocycles. The molecular formula is C23H32F3NO2. The van der Waals surface area contributed by atoms with Crippen LogP contribution in [0.15, 0.2) is 18.2 Å². The molecule has 1 aromatic rings. The van der Waals surface area contributed by atoms with Gasteiger partial charge in [-0.3, -0.25) is 0 Å². The second-order valence-electron chi connectivity index (χ2n) is 9.51. The summed E-state index contributed by atoms with van der Waals surface area (Å²) >= 11 is 0. The lowest BCUT2D eigenvalue weighted by molar-refractivity contribution is -0.137. The van der Waals surface area contributed by atoms with Crippen molar-refractivity contribution >= 4 is 6.09 Å². The molecule has 1 heterocycles. The van der Waals surface area contributed by atoms with Crippen LogP contribution >= 0.6 is 0 Å². The molecule has 29 heavy (non-hydrogen) atoms. The van der Waals surface area contributed by atoms with Gasteiger partial charge < -0.3 is 9.64 Å². The summed E-state index contributed by atoms with van der Waals surface area (Å²) in [7, 11) is 0. The Bertz CT molecular complexity index is 710. The monoisotopic (exact) mass is 411 g/mol. The molecule has 0 radical (unpaired) electrons. The van der Waals surface area contributed by atoms with Crippen molar-refractivity contribution in [1.29, 1.82) is 0 Å². The number of carbonyl (C=O) groups excluding carboxylic acids is 1. The summed E-state index contributed by atoms with van der Waals surface area (Å²) in [4.78, 5) is 14.0. The van der Waals surface area contributed by atoms with Crippen LogP contribution in [-0.4, -0.2) is 29.7 Å². The van der Waals surface area contributed by atoms with E-state index in [4.69, 9.17) is 4.74 Å². The van der Waals surface area contributed by atoms with E-state index in [1.54, 1.807) is 11.0 Å². The quantitative estimate of drug-likeness (QED) is 0.564. The van der Waals surface area contributed by atoms with E-state index in [9.17, 15) is 18.0 Å². The lowest BCUT2D eigenvalue weighted by atomic mass is 9.84. The van der Waals surface area contributed by atoms with Gasteiger partial charge in [0, 0.05) is 13.1 Å². The van der Waals surface area contributed by atoms with E-state index in [0.717, 1.165) is 56.1 Å². The molecular weight excluding hydrogens is 379 g/mol. The number of piperidine rings is 1. The molecule has 1 saturated carbocycles. The minimum absolute atomic E-state index is 0.245. The molecule has 0 bridgehead atoms. The summed E-state index contributed by atoms with van der Waals surface area (Å²) in [6.45, 7) is 6.84. The first-order valence-corrected chi connectivity index (χ1v) is 10.7. The standard InChI is InChI=1S/C23H32F3NO2/c1-22(2,3)29-21(28)27-12-10-16(11-13-27)14-18-8-9-19(23(24,25)26)15-20(18)17-6-4-5-7-17/h8-9,15-17H,4-7,10-14H2,1-3H3. The number of carbonyl (C=O) groups is 1. The number of alkyl halides is 3. The highest BCUT2D eigenvalue weighted by molar-refractivity contribution is 5.68. The van der Waals surface area contributed by atoms with Crippen LogP contribution in [0, 0.1) is 5.92 Å². The van der Waals surface area contributed by atoms with Gasteiger partial charge in [-0.15, -0.1) is 0 Å². The van der Waals surface area contributed by atoms with Crippen molar-refractivity contribution < 1.29 is 22.7 Å². The van der Waals surface area contributed by atoms with Crippen molar-refractivity contribution in [2.24, 2.45) is 5.92 Å². The number of nitrogens with zero attached hydrogens (tertiary/aromatic N) is 1. The maximum absolute atomic E-state index is 13.2. The molecule has 2 aliphatic rings. The van der Waals surface area contributed by atoms with Crippen molar-refractivity contribution in [2.75, 3.05) is 13.1 Å². The fourth-order valence-electron chi connectivity index (χ4n) is 4.53. The van der Waals surface area contributed by atoms with Crippen LogP contribution < -0.4 is 0 Å². The lowest BCUT2D eigenvalue weighted by Crippen LogP contribution is -2.42. The molecule has 3 nitrogen and oxygen atoms in total. The van der Waals surface area contributed by atoms with Gasteiger partial charge in [0.05, 0.1) is 5.56 Å². The van der Waals surface area contributed by atoms with Crippen LogP contribution in [-0.2, 0) is 17.3 Å². The van der Waals surface area contributed by atoms with Crippen molar-refractivity contribution in [2.45, 2.75) is 83.4 Å². The maximum atomic E-state index is 13.2. The zero-order valence-electron chi connectivity index (χ0n) is 17.6. The minimum atomic E-state index is -4.30. The summed E-state index contributed by atoms with van der Waals surface area (Å²) in [5.41, 5.74) is 0.903. The highest BCUT2D eigenvalue weighted by atomic mass is 19.4. The van der Waals surface area contributed by atoms with E-state index in [2.05, 4.69) is 0 Å². The van der Waals surface area contributed by atoms with Crippen molar-refractivity contribution in [3.05, 3.63) is 34.9 Å². The number of halogens is 3. The highest BCUT2D eigenvalue weighted by Gasteiger charge is 2.33. The van der Waals surface area contributed by atoms with E-state index in [-0.39, 0.29) is 12.0 Å². The molecule has 2 fully saturated rings. The Morgan fingerprint density at radius 2 is 1.69 bits per heavy atom. The van der Waals surface area contributed by atoms with E-state index in [0.29, 0.717) is 19.0 Å². The third-order valence-electron chi connectivity index (χ3n) is 6.04. The topological polar surface area (TPSA) is 29.5 Å². The van der Waals surface area contributed by atoms with Crippen molar-refractivity contribution in [3.63, 3.8) is 0 Å². The average Bonchev–Trinajstić information content (AvgIpc) is 3.14. The molecule has 3 rings (SSSR count). The summed E-state index contributed by atoms with van der Waals surface area (Å²) in [5, 5.41) is 0. The number of ether oxygens (including phenoxy) is 1. The predicted molar refractivity (Wildman–Crippen MR) is 107 cm³/mol. The van der Waals surface area contributed by atoms with Crippen LogP contribution in [0.2, 0.25) is 0 Å². The Kier molecular flexibility index (Phi) is 6.49. The third kappa shape index (κ3) is 5.89. The second kappa shape index (κ2) is 8.57. The Morgan fingerprint density at radius 1 is 1.07 bits per heavy atom. The number of rotatable bonds is 3. The molecule has 1 saturated heterocycles. The van der Waals surface area contributed by atoms with Crippen LogP contribution in [0.1, 0.15) is 81.9 Å². The number of likely N-dealkylation sites (tertiary alicyclic amines) is 1. The Hall–Kier alpha value is -1.72. The fraction of sp³-hybridized carbons (Fsp3) is 0.696. The summed E-state index contributed by atoms with van der Waals surface area (Å²) < 4.78 is 45.1. The van der Waals surface area contributed by atoms with Crippen LogP contribution in [0.3, 0.4) is 0 Å². The van der Waals surface area contributed by atoms with Gasteiger partial charge in [0.1, 0.15) is 5.60 Å². The summed E-state index contributed by atoms with van der Waals surface area (Å²) in [6, 6.07) is 4.31. The zero-order valence-corrected chi connectivity index (χ0v) is 17.6. The first-order valence-electron chi connectivity index (χ1n) is 10.7. The summed E-state index contributed by atoms with van der Waals surface area (Å²) in [5.74, 6) is 0.625. The number of benzene rings is 1. The Balaban J connectivity index is 1.67.